The average Bonchev–Trinajstić information content (AvgIpc) is 2.47. The maximum absolute atomic E-state index is 9.70. The van der Waals surface area contributed by atoms with Gasteiger partial charge in [-0.3, -0.25) is 0 Å². The third-order valence-corrected chi connectivity index (χ3v) is 3.96. The molecule has 0 fully saturated rings. The van der Waals surface area contributed by atoms with E-state index in [2.05, 4.69) is 4.98 Å². The van der Waals surface area contributed by atoms with Crippen LogP contribution < -0.4 is 4.74 Å². The first-order chi connectivity index (χ1) is 10.8. The highest BCUT2D eigenvalue weighted by Crippen LogP contribution is 2.29. The van der Waals surface area contributed by atoms with Crippen LogP contribution >= 0.6 is 0 Å². The molecule has 23 heavy (non-hydrogen) atoms. The summed E-state index contributed by atoms with van der Waals surface area (Å²) in [5.74, 6) is 0.562. The Labute approximate surface area is 137 Å². The van der Waals surface area contributed by atoms with Crippen LogP contribution in [-0.2, 0) is 6.61 Å². The topological polar surface area (TPSA) is 62.6 Å². The molecular weight excluding hydrogens is 290 g/mol. The summed E-state index contributed by atoms with van der Waals surface area (Å²) >= 11 is 0. The molecule has 0 unspecified atom stereocenters. The van der Waals surface area contributed by atoms with Crippen molar-refractivity contribution in [1.29, 1.82) is 0 Å². The Hall–Kier alpha value is -1.91. The predicted octanol–water partition coefficient (Wildman–Crippen LogP) is 3.40. The monoisotopic (exact) mass is 315 g/mol. The first-order valence-electron chi connectivity index (χ1n) is 7.83. The molecule has 4 nitrogen and oxygen atoms in total. The van der Waals surface area contributed by atoms with Gasteiger partial charge in [-0.25, -0.2) is 4.98 Å². The van der Waals surface area contributed by atoms with Gasteiger partial charge in [-0.1, -0.05) is 18.2 Å². The number of aryl methyl sites for hydroxylation is 1. The number of hydrogen-bond donors (Lipinski definition) is 2. The number of aliphatic hydroxyl groups excluding tert-OH is 1. The van der Waals surface area contributed by atoms with E-state index < -0.39 is 5.60 Å². The summed E-state index contributed by atoms with van der Waals surface area (Å²) in [6, 6.07) is 7.81. The molecule has 0 radical (unpaired) electrons. The van der Waals surface area contributed by atoms with Gasteiger partial charge in [-0.2, -0.15) is 0 Å². The summed E-state index contributed by atoms with van der Waals surface area (Å²) in [5, 5.41) is 19.1. The molecule has 124 valence electrons. The summed E-state index contributed by atoms with van der Waals surface area (Å²) in [4.78, 5) is 4.37. The lowest BCUT2D eigenvalue weighted by Gasteiger charge is -2.17. The predicted molar refractivity (Wildman–Crippen MR) is 91.5 cm³/mol. The molecule has 1 heterocycles. The van der Waals surface area contributed by atoms with Crippen LogP contribution in [0.5, 0.6) is 5.88 Å². The van der Waals surface area contributed by atoms with E-state index in [1.54, 1.807) is 20.0 Å². The third-order valence-electron chi connectivity index (χ3n) is 3.96. The van der Waals surface area contributed by atoms with E-state index in [0.717, 1.165) is 27.8 Å². The van der Waals surface area contributed by atoms with Gasteiger partial charge in [0.05, 0.1) is 18.8 Å². The van der Waals surface area contributed by atoms with Gasteiger partial charge in [0.1, 0.15) is 0 Å². The lowest BCUT2D eigenvalue weighted by atomic mass is 9.95. The number of aromatic nitrogens is 1. The SMILES string of the molecule is Cc1cc(OCCC(C)(C)O)ncc1-c1cccc(CO)c1C. The fourth-order valence-electron chi connectivity index (χ4n) is 2.44. The number of rotatable bonds is 6. The summed E-state index contributed by atoms with van der Waals surface area (Å²) in [5.41, 5.74) is 4.42. The smallest absolute Gasteiger partial charge is 0.213 e. The fourth-order valence-corrected chi connectivity index (χ4v) is 2.44. The van der Waals surface area contributed by atoms with E-state index >= 15 is 0 Å². The maximum atomic E-state index is 9.70. The number of benzene rings is 1. The van der Waals surface area contributed by atoms with E-state index in [1.807, 2.05) is 38.1 Å². The Morgan fingerprint density at radius 3 is 2.52 bits per heavy atom. The quantitative estimate of drug-likeness (QED) is 0.857. The van der Waals surface area contributed by atoms with Crippen LogP contribution in [0.25, 0.3) is 11.1 Å². The lowest BCUT2D eigenvalue weighted by molar-refractivity contribution is 0.0547. The van der Waals surface area contributed by atoms with Gasteiger partial charge in [0, 0.05) is 24.2 Å². The van der Waals surface area contributed by atoms with Crippen molar-refractivity contribution in [3.63, 3.8) is 0 Å². The highest BCUT2D eigenvalue weighted by atomic mass is 16.5. The molecule has 0 spiro atoms. The minimum absolute atomic E-state index is 0.0320. The molecule has 1 aromatic heterocycles. The largest absolute Gasteiger partial charge is 0.478 e. The molecule has 0 aliphatic heterocycles. The average molecular weight is 315 g/mol. The van der Waals surface area contributed by atoms with Crippen molar-refractivity contribution in [2.24, 2.45) is 0 Å². The molecule has 0 saturated carbocycles. The van der Waals surface area contributed by atoms with Crippen LogP contribution in [-0.4, -0.2) is 27.4 Å². The number of pyridine rings is 1. The molecule has 0 amide bonds. The van der Waals surface area contributed by atoms with E-state index in [9.17, 15) is 10.2 Å². The van der Waals surface area contributed by atoms with Gasteiger partial charge >= 0.3 is 0 Å². The second-order valence-electron chi connectivity index (χ2n) is 6.50. The van der Waals surface area contributed by atoms with Gasteiger partial charge in [0.15, 0.2) is 0 Å². The molecule has 0 saturated heterocycles. The highest BCUT2D eigenvalue weighted by Gasteiger charge is 2.13. The minimum atomic E-state index is -0.739. The normalized spacial score (nSPS) is 11.6. The summed E-state index contributed by atoms with van der Waals surface area (Å²) < 4.78 is 5.62. The Morgan fingerprint density at radius 1 is 1.17 bits per heavy atom. The number of aliphatic hydroxyl groups is 2. The third kappa shape index (κ3) is 4.53. The van der Waals surface area contributed by atoms with E-state index in [-0.39, 0.29) is 6.61 Å². The summed E-state index contributed by atoms with van der Waals surface area (Å²) in [6.45, 7) is 8.00. The second kappa shape index (κ2) is 7.11. The van der Waals surface area contributed by atoms with Gasteiger partial charge in [-0.05, 0) is 49.9 Å². The van der Waals surface area contributed by atoms with Gasteiger partial charge in [0.2, 0.25) is 5.88 Å². The van der Waals surface area contributed by atoms with Crippen molar-refractivity contribution in [3.8, 4) is 17.0 Å². The Bertz CT molecular complexity index is 675. The highest BCUT2D eigenvalue weighted by molar-refractivity contribution is 5.71. The molecule has 0 bridgehead atoms. The fraction of sp³-hybridized carbons (Fsp3) is 0.421. The molecule has 2 rings (SSSR count). The van der Waals surface area contributed by atoms with Crippen molar-refractivity contribution in [1.82, 2.24) is 4.98 Å². The van der Waals surface area contributed by atoms with E-state index in [0.29, 0.717) is 18.9 Å². The second-order valence-corrected chi connectivity index (χ2v) is 6.50. The van der Waals surface area contributed by atoms with Crippen LogP contribution in [0.4, 0.5) is 0 Å². The van der Waals surface area contributed by atoms with Crippen molar-refractivity contribution in [2.75, 3.05) is 6.61 Å². The van der Waals surface area contributed by atoms with Gasteiger partial charge in [0.25, 0.3) is 0 Å². The molecule has 2 N–H and O–H groups in total. The van der Waals surface area contributed by atoms with Crippen molar-refractivity contribution >= 4 is 0 Å². The van der Waals surface area contributed by atoms with Crippen molar-refractivity contribution in [3.05, 3.63) is 47.2 Å². The molecule has 0 atom stereocenters. The van der Waals surface area contributed by atoms with Crippen molar-refractivity contribution in [2.45, 2.75) is 46.3 Å². The van der Waals surface area contributed by atoms with Crippen LogP contribution in [0.1, 0.15) is 37.0 Å². The number of nitrogens with zero attached hydrogens (tertiary/aromatic N) is 1. The molecule has 0 aliphatic carbocycles. The zero-order valence-corrected chi connectivity index (χ0v) is 14.3. The van der Waals surface area contributed by atoms with Gasteiger partial charge < -0.3 is 14.9 Å². The molecule has 1 aromatic carbocycles. The standard InChI is InChI=1S/C19H25NO3/c1-13-10-18(23-9-8-19(3,4)22)20-11-17(13)16-7-5-6-15(12-21)14(16)2/h5-7,10-11,21-22H,8-9,12H2,1-4H3. The van der Waals surface area contributed by atoms with Crippen LogP contribution in [0.3, 0.4) is 0 Å². The molecule has 2 aromatic rings. The molecule has 0 aliphatic rings. The van der Waals surface area contributed by atoms with Crippen LogP contribution in [0.15, 0.2) is 30.5 Å². The minimum Gasteiger partial charge on any atom is -0.478 e. The Kier molecular flexibility index (Phi) is 5.39. The van der Waals surface area contributed by atoms with Crippen LogP contribution in [0.2, 0.25) is 0 Å². The first-order valence-corrected chi connectivity index (χ1v) is 7.83. The van der Waals surface area contributed by atoms with E-state index in [1.165, 1.54) is 0 Å². The Balaban J connectivity index is 2.20. The summed E-state index contributed by atoms with van der Waals surface area (Å²) in [6.07, 6.45) is 2.35. The zero-order chi connectivity index (χ0) is 17.0. The number of ether oxygens (including phenoxy) is 1. The maximum Gasteiger partial charge on any atom is 0.213 e. The van der Waals surface area contributed by atoms with Gasteiger partial charge in [-0.15, -0.1) is 0 Å². The van der Waals surface area contributed by atoms with E-state index in [4.69, 9.17) is 4.74 Å². The lowest BCUT2D eigenvalue weighted by Crippen LogP contribution is -2.22. The zero-order valence-electron chi connectivity index (χ0n) is 14.3. The number of hydrogen-bond acceptors (Lipinski definition) is 4. The first kappa shape index (κ1) is 17.4. The molecule has 4 heteroatoms. The van der Waals surface area contributed by atoms with Crippen molar-refractivity contribution < 1.29 is 14.9 Å². The summed E-state index contributed by atoms with van der Waals surface area (Å²) in [7, 11) is 0. The molecular formula is C19H25NO3. The van der Waals surface area contributed by atoms with Crippen LogP contribution in [0, 0.1) is 13.8 Å². The Morgan fingerprint density at radius 2 is 1.91 bits per heavy atom.